The summed E-state index contributed by atoms with van der Waals surface area (Å²) in [6, 6.07) is 6.53. The van der Waals surface area contributed by atoms with Gasteiger partial charge in [-0.2, -0.15) is 0 Å². The highest BCUT2D eigenvalue weighted by Gasteiger charge is 2.45. The number of piperidine rings is 2. The molecule has 2 aromatic rings. The molecule has 2 amide bonds. The number of carbonyl (C=O) groups excluding carboxylic acids is 2. The van der Waals surface area contributed by atoms with Gasteiger partial charge in [0.15, 0.2) is 0 Å². The van der Waals surface area contributed by atoms with Gasteiger partial charge < -0.3 is 9.80 Å². The third-order valence-corrected chi connectivity index (χ3v) is 6.95. The Morgan fingerprint density at radius 2 is 1.94 bits per heavy atom. The van der Waals surface area contributed by atoms with Crippen LogP contribution in [0.4, 0.5) is 4.39 Å². The van der Waals surface area contributed by atoms with E-state index in [0.717, 1.165) is 36.3 Å². The molecule has 1 aromatic heterocycles. The van der Waals surface area contributed by atoms with Crippen LogP contribution in [0.1, 0.15) is 55.5 Å². The molecule has 32 heavy (non-hydrogen) atoms. The molecule has 2 fully saturated rings. The van der Waals surface area contributed by atoms with Crippen molar-refractivity contribution in [2.45, 2.75) is 51.9 Å². The van der Waals surface area contributed by atoms with E-state index in [1.165, 1.54) is 12.1 Å². The fourth-order valence-corrected chi connectivity index (χ4v) is 5.17. The second kappa shape index (κ2) is 9.35. The monoisotopic (exact) mass is 438 g/mol. The SMILES string of the molecule is CC(=O)N1CCC(Cc2cccc(F)c2)(C(=O)N2CCCC(c3cncc(C)n3)C2)CC1. The lowest BCUT2D eigenvalue weighted by Crippen LogP contribution is -2.53. The minimum atomic E-state index is -0.625. The first-order valence-electron chi connectivity index (χ1n) is 11.4. The molecular weight excluding hydrogens is 407 g/mol. The van der Waals surface area contributed by atoms with E-state index in [-0.39, 0.29) is 23.5 Å². The summed E-state index contributed by atoms with van der Waals surface area (Å²) in [7, 11) is 0. The molecule has 2 aliphatic rings. The Hall–Kier alpha value is -2.83. The zero-order valence-electron chi connectivity index (χ0n) is 18.9. The van der Waals surface area contributed by atoms with E-state index >= 15 is 0 Å². The van der Waals surface area contributed by atoms with Crippen LogP contribution in [0.5, 0.6) is 0 Å². The highest BCUT2D eigenvalue weighted by molar-refractivity contribution is 5.84. The molecule has 6 nitrogen and oxygen atoms in total. The van der Waals surface area contributed by atoms with Crippen molar-refractivity contribution >= 4 is 11.8 Å². The Morgan fingerprint density at radius 3 is 2.62 bits per heavy atom. The van der Waals surface area contributed by atoms with Gasteiger partial charge in [-0.15, -0.1) is 0 Å². The van der Waals surface area contributed by atoms with E-state index in [0.29, 0.717) is 38.9 Å². The van der Waals surface area contributed by atoms with Gasteiger partial charge in [-0.3, -0.25) is 19.6 Å². The fraction of sp³-hybridized carbons (Fsp3) is 0.520. The van der Waals surface area contributed by atoms with Crippen LogP contribution in [0.3, 0.4) is 0 Å². The second-order valence-electron chi connectivity index (χ2n) is 9.27. The van der Waals surface area contributed by atoms with Crippen LogP contribution >= 0.6 is 0 Å². The molecule has 3 heterocycles. The molecule has 0 N–H and O–H groups in total. The Balaban J connectivity index is 1.57. The molecule has 0 radical (unpaired) electrons. The smallest absolute Gasteiger partial charge is 0.229 e. The molecule has 0 aliphatic carbocycles. The lowest BCUT2D eigenvalue weighted by Gasteiger charge is -2.45. The van der Waals surface area contributed by atoms with E-state index in [2.05, 4.69) is 9.97 Å². The molecule has 170 valence electrons. The summed E-state index contributed by atoms with van der Waals surface area (Å²) in [4.78, 5) is 38.6. The fourth-order valence-electron chi connectivity index (χ4n) is 5.17. The summed E-state index contributed by atoms with van der Waals surface area (Å²) >= 11 is 0. The number of carbonyl (C=O) groups is 2. The van der Waals surface area contributed by atoms with Gasteiger partial charge in [0.05, 0.1) is 16.8 Å². The van der Waals surface area contributed by atoms with E-state index < -0.39 is 5.41 Å². The second-order valence-corrected chi connectivity index (χ2v) is 9.27. The van der Waals surface area contributed by atoms with Gasteiger partial charge in [-0.05, 0) is 56.7 Å². The molecule has 2 aliphatic heterocycles. The molecule has 1 aromatic carbocycles. The summed E-state index contributed by atoms with van der Waals surface area (Å²) in [6.45, 7) is 5.95. The summed E-state index contributed by atoms with van der Waals surface area (Å²) in [5, 5.41) is 0. The van der Waals surface area contributed by atoms with Crippen LogP contribution in [-0.2, 0) is 16.0 Å². The van der Waals surface area contributed by atoms with E-state index in [4.69, 9.17) is 0 Å². The maximum absolute atomic E-state index is 14.0. The van der Waals surface area contributed by atoms with E-state index in [1.807, 2.05) is 17.9 Å². The predicted octanol–water partition coefficient (Wildman–Crippen LogP) is 3.50. The first-order valence-corrected chi connectivity index (χ1v) is 11.4. The van der Waals surface area contributed by atoms with Crippen molar-refractivity contribution in [1.82, 2.24) is 19.8 Å². The van der Waals surface area contributed by atoms with Gasteiger partial charge >= 0.3 is 0 Å². The molecule has 1 unspecified atom stereocenters. The van der Waals surface area contributed by atoms with Gasteiger partial charge in [0.25, 0.3) is 0 Å². The number of amides is 2. The maximum Gasteiger partial charge on any atom is 0.229 e. The highest BCUT2D eigenvalue weighted by Crippen LogP contribution is 2.39. The van der Waals surface area contributed by atoms with Crippen LogP contribution in [0.15, 0.2) is 36.7 Å². The average molecular weight is 439 g/mol. The van der Waals surface area contributed by atoms with Crippen molar-refractivity contribution in [1.29, 1.82) is 0 Å². The Kier molecular flexibility index (Phi) is 6.53. The number of hydrogen-bond acceptors (Lipinski definition) is 4. The number of halogens is 1. The molecule has 0 spiro atoms. The van der Waals surface area contributed by atoms with Crippen molar-refractivity contribution in [3.05, 3.63) is 59.4 Å². The summed E-state index contributed by atoms with van der Waals surface area (Å²) in [5.41, 5.74) is 2.02. The Labute approximate surface area is 188 Å². The largest absolute Gasteiger partial charge is 0.343 e. The zero-order valence-corrected chi connectivity index (χ0v) is 18.9. The average Bonchev–Trinajstić information content (AvgIpc) is 2.79. The van der Waals surface area contributed by atoms with Gasteiger partial charge in [-0.25, -0.2) is 4.39 Å². The molecule has 4 rings (SSSR count). The van der Waals surface area contributed by atoms with Crippen LogP contribution in [0.2, 0.25) is 0 Å². The lowest BCUT2D eigenvalue weighted by molar-refractivity contribution is -0.149. The van der Waals surface area contributed by atoms with Crippen LogP contribution in [-0.4, -0.2) is 57.8 Å². The molecular formula is C25H31FN4O2. The molecule has 0 saturated carbocycles. The number of nitrogens with zero attached hydrogens (tertiary/aromatic N) is 4. The van der Waals surface area contributed by atoms with Gasteiger partial charge in [0.2, 0.25) is 11.8 Å². The number of aromatic nitrogens is 2. The molecule has 2 saturated heterocycles. The first-order chi connectivity index (χ1) is 15.4. The zero-order chi connectivity index (χ0) is 22.7. The van der Waals surface area contributed by atoms with Crippen LogP contribution < -0.4 is 0 Å². The van der Waals surface area contributed by atoms with Gasteiger partial charge in [0, 0.05) is 51.4 Å². The van der Waals surface area contributed by atoms with Crippen LogP contribution in [0, 0.1) is 18.2 Å². The van der Waals surface area contributed by atoms with Gasteiger partial charge in [-0.1, -0.05) is 12.1 Å². The standard InChI is InChI=1S/C25H31FN4O2/c1-18-15-27-16-23(28-18)21-6-4-10-30(17-21)24(32)25(8-11-29(12-9-25)19(2)31)14-20-5-3-7-22(26)13-20/h3,5,7,13,15-16,21H,4,6,8-12,14,17H2,1-2H3. The highest BCUT2D eigenvalue weighted by atomic mass is 19.1. The third-order valence-electron chi connectivity index (χ3n) is 6.95. The molecule has 1 atom stereocenters. The number of aryl methyl sites for hydroxylation is 1. The number of likely N-dealkylation sites (tertiary alicyclic amines) is 2. The van der Waals surface area contributed by atoms with Crippen molar-refractivity contribution in [3.63, 3.8) is 0 Å². The van der Waals surface area contributed by atoms with Crippen molar-refractivity contribution in [2.24, 2.45) is 5.41 Å². The normalized spacial score (nSPS) is 20.8. The third kappa shape index (κ3) is 4.81. The number of hydrogen-bond donors (Lipinski definition) is 0. The topological polar surface area (TPSA) is 66.4 Å². The van der Waals surface area contributed by atoms with Crippen LogP contribution in [0.25, 0.3) is 0 Å². The van der Waals surface area contributed by atoms with Crippen molar-refractivity contribution in [2.75, 3.05) is 26.2 Å². The quantitative estimate of drug-likeness (QED) is 0.733. The minimum Gasteiger partial charge on any atom is -0.343 e. The van der Waals surface area contributed by atoms with E-state index in [1.54, 1.807) is 30.3 Å². The Bertz CT molecular complexity index is 987. The number of benzene rings is 1. The summed E-state index contributed by atoms with van der Waals surface area (Å²) in [6.07, 6.45) is 7.12. The lowest BCUT2D eigenvalue weighted by atomic mass is 9.72. The first kappa shape index (κ1) is 22.4. The Morgan fingerprint density at radius 1 is 1.16 bits per heavy atom. The molecule has 0 bridgehead atoms. The summed E-state index contributed by atoms with van der Waals surface area (Å²) in [5.74, 6) is 0.0362. The van der Waals surface area contributed by atoms with Gasteiger partial charge in [0.1, 0.15) is 5.82 Å². The minimum absolute atomic E-state index is 0.0351. The van der Waals surface area contributed by atoms with Crippen molar-refractivity contribution < 1.29 is 14.0 Å². The molecule has 7 heteroatoms. The number of rotatable bonds is 4. The van der Waals surface area contributed by atoms with E-state index in [9.17, 15) is 14.0 Å². The maximum atomic E-state index is 14.0. The summed E-state index contributed by atoms with van der Waals surface area (Å²) < 4.78 is 13.9. The van der Waals surface area contributed by atoms with Crippen molar-refractivity contribution in [3.8, 4) is 0 Å². The predicted molar refractivity (Wildman–Crippen MR) is 119 cm³/mol.